The van der Waals surface area contributed by atoms with Crippen molar-refractivity contribution in [1.82, 2.24) is 0 Å². The second-order valence-electron chi connectivity index (χ2n) is 16.3. The highest BCUT2D eigenvalue weighted by Gasteiger charge is 2.21. The van der Waals surface area contributed by atoms with E-state index in [1.807, 2.05) is 121 Å². The van der Waals surface area contributed by atoms with Crippen molar-refractivity contribution in [3.63, 3.8) is 0 Å². The van der Waals surface area contributed by atoms with E-state index in [0.717, 1.165) is 65.3 Å². The minimum absolute atomic E-state index is 0.111. The van der Waals surface area contributed by atoms with Crippen molar-refractivity contribution in [3.8, 4) is 56.8 Å². The van der Waals surface area contributed by atoms with Crippen LogP contribution < -0.4 is 28.4 Å². The molecule has 10 heteroatoms. The zero-order valence-corrected chi connectivity index (χ0v) is 38.9. The fourth-order valence-electron chi connectivity index (χ4n) is 8.80. The van der Waals surface area contributed by atoms with Crippen molar-refractivity contribution in [3.05, 3.63) is 194 Å². The van der Waals surface area contributed by atoms with Gasteiger partial charge in [-0.05, 0) is 91.6 Å². The predicted molar refractivity (Wildman–Crippen MR) is 278 cm³/mol. The van der Waals surface area contributed by atoms with Crippen LogP contribution in [0.2, 0.25) is 0 Å². The van der Waals surface area contributed by atoms with Gasteiger partial charge in [0.1, 0.15) is 72.3 Å². The third-order valence-electron chi connectivity index (χ3n) is 11.9. The summed E-state index contributed by atoms with van der Waals surface area (Å²) in [7, 11) is 3.23. The molecule has 0 bridgehead atoms. The molecule has 0 aromatic heterocycles. The Hall–Kier alpha value is -8.44. The van der Waals surface area contributed by atoms with Gasteiger partial charge in [0.25, 0.3) is 0 Å². The maximum Gasteiger partial charge on any atom is 0.188 e. The highest BCUT2D eigenvalue weighted by molar-refractivity contribution is 6.11. The van der Waals surface area contributed by atoms with Crippen LogP contribution in [0.15, 0.2) is 204 Å². The van der Waals surface area contributed by atoms with E-state index < -0.39 is 0 Å². The molecule has 0 heterocycles. The van der Waals surface area contributed by atoms with Gasteiger partial charge < -0.3 is 37.9 Å². The van der Waals surface area contributed by atoms with Gasteiger partial charge in [0.2, 0.25) is 0 Å². The minimum atomic E-state index is 0.111. The molecule has 10 nitrogen and oxygen atoms in total. The summed E-state index contributed by atoms with van der Waals surface area (Å²) in [5.41, 5.74) is 4.87. The van der Waals surface area contributed by atoms with Gasteiger partial charge in [0.15, 0.2) is 13.6 Å². The molecule has 0 saturated heterocycles. The van der Waals surface area contributed by atoms with E-state index in [-0.39, 0.29) is 40.0 Å². The average Bonchev–Trinajstić information content (AvgIpc) is 3.41. The molecule has 10 aromatic rings. The summed E-state index contributed by atoms with van der Waals surface area (Å²) in [5.74, 6) is 3.96. The summed E-state index contributed by atoms with van der Waals surface area (Å²) in [6.45, 7) is 1.25. The highest BCUT2D eigenvalue weighted by atomic mass is 16.7. The normalized spacial score (nSPS) is 11.4. The van der Waals surface area contributed by atoms with E-state index >= 15 is 0 Å². The molecule has 0 amide bonds. The van der Waals surface area contributed by atoms with Crippen LogP contribution in [0.25, 0.3) is 65.3 Å². The Morgan fingerprint density at radius 2 is 0.543 bits per heavy atom. The van der Waals surface area contributed by atoms with E-state index in [2.05, 4.69) is 83.0 Å². The number of ether oxygens (including phenoxy) is 8. The number of hydrogen-bond donors (Lipinski definition) is 0. The summed E-state index contributed by atoms with van der Waals surface area (Å²) in [6, 6.07) is 64.5. The standard InChI is InChI=1S/C60H50N2O8/c1-63-39-69-55-33-29-43-17-5-9-21-47(43)59(55)57-45-19-7-3-15-41(45)27-31-53(57)67-37-35-65-51-25-13-11-23-49(51)61-62-50-24-12-14-26-52(50)66-36-38-68-54-32-28-42-16-4-8-20-46(42)58(54)60-48-22-10-6-18-44(48)30-34-56(60)70-40-64-2/h3-34H,35-40H2,1-2H3. The molecule has 10 aromatic carbocycles. The molecule has 10 rings (SSSR count). The summed E-state index contributed by atoms with van der Waals surface area (Å²) in [4.78, 5) is 0. The van der Waals surface area contributed by atoms with E-state index in [1.54, 1.807) is 14.2 Å². The molecule has 348 valence electrons. The number of hydrogen-bond acceptors (Lipinski definition) is 10. The maximum atomic E-state index is 6.57. The molecular formula is C60H50N2O8. The van der Waals surface area contributed by atoms with Gasteiger partial charge in [-0.1, -0.05) is 146 Å². The van der Waals surface area contributed by atoms with E-state index in [0.29, 0.717) is 45.9 Å². The van der Waals surface area contributed by atoms with Crippen LogP contribution in [0.4, 0.5) is 11.4 Å². The Kier molecular flexibility index (Phi) is 14.0. The van der Waals surface area contributed by atoms with Gasteiger partial charge >= 0.3 is 0 Å². The molecule has 0 aliphatic carbocycles. The van der Waals surface area contributed by atoms with Crippen LogP contribution in [0, 0.1) is 0 Å². The second kappa shape index (κ2) is 21.7. The van der Waals surface area contributed by atoms with Crippen LogP contribution in [0.5, 0.6) is 34.5 Å². The fourth-order valence-corrected chi connectivity index (χ4v) is 8.80. The smallest absolute Gasteiger partial charge is 0.188 e. The fraction of sp³-hybridized carbons (Fsp3) is 0.133. The second-order valence-corrected chi connectivity index (χ2v) is 16.3. The van der Waals surface area contributed by atoms with Crippen LogP contribution in [0.1, 0.15) is 0 Å². The van der Waals surface area contributed by atoms with Crippen molar-refractivity contribution in [1.29, 1.82) is 0 Å². The highest BCUT2D eigenvalue weighted by Crippen LogP contribution is 2.47. The average molecular weight is 927 g/mol. The Bertz CT molecular complexity index is 3240. The first kappa shape index (κ1) is 45.3. The quantitative estimate of drug-likeness (QED) is 0.0423. The lowest BCUT2D eigenvalue weighted by Crippen LogP contribution is -2.10. The molecule has 0 radical (unpaired) electrons. The zero-order valence-electron chi connectivity index (χ0n) is 38.9. The van der Waals surface area contributed by atoms with E-state index in [4.69, 9.17) is 37.9 Å². The molecule has 0 aliphatic heterocycles. The molecule has 0 aliphatic rings. The van der Waals surface area contributed by atoms with Gasteiger partial charge in [-0.2, -0.15) is 0 Å². The topological polar surface area (TPSA) is 98.6 Å². The molecular weight excluding hydrogens is 877 g/mol. The third kappa shape index (κ3) is 9.77. The third-order valence-corrected chi connectivity index (χ3v) is 11.9. The predicted octanol–water partition coefficient (Wildman–Crippen LogP) is 14.9. The molecule has 0 fully saturated rings. The van der Waals surface area contributed by atoms with Crippen molar-refractivity contribution >= 4 is 54.5 Å². The van der Waals surface area contributed by atoms with Gasteiger partial charge in [-0.3, -0.25) is 0 Å². The first-order valence-electron chi connectivity index (χ1n) is 23.1. The van der Waals surface area contributed by atoms with Crippen molar-refractivity contribution < 1.29 is 37.9 Å². The molecule has 0 saturated carbocycles. The summed E-state index contributed by atoms with van der Waals surface area (Å²) in [6.07, 6.45) is 0. The lowest BCUT2D eigenvalue weighted by Gasteiger charge is -2.19. The van der Waals surface area contributed by atoms with E-state index in [1.165, 1.54) is 0 Å². The molecule has 0 N–H and O–H groups in total. The Labute approximate surface area is 406 Å². The Morgan fingerprint density at radius 3 is 0.871 bits per heavy atom. The number of azo groups is 1. The van der Waals surface area contributed by atoms with Gasteiger partial charge in [-0.25, -0.2) is 0 Å². The van der Waals surface area contributed by atoms with Gasteiger partial charge in [0, 0.05) is 36.5 Å². The number of rotatable bonds is 20. The van der Waals surface area contributed by atoms with E-state index in [9.17, 15) is 0 Å². The molecule has 0 atom stereocenters. The number of methoxy groups -OCH3 is 2. The monoisotopic (exact) mass is 926 g/mol. The van der Waals surface area contributed by atoms with Crippen molar-refractivity contribution in [2.45, 2.75) is 0 Å². The van der Waals surface area contributed by atoms with Crippen LogP contribution in [0.3, 0.4) is 0 Å². The molecule has 0 spiro atoms. The van der Waals surface area contributed by atoms with Gasteiger partial charge in [0.05, 0.1) is 0 Å². The lowest BCUT2D eigenvalue weighted by molar-refractivity contribution is 0.0514. The summed E-state index contributed by atoms with van der Waals surface area (Å²) < 4.78 is 48.7. The minimum Gasteiger partial charge on any atom is -0.489 e. The number of benzene rings is 10. The first-order valence-corrected chi connectivity index (χ1v) is 23.1. The Morgan fingerprint density at radius 1 is 0.271 bits per heavy atom. The maximum absolute atomic E-state index is 6.57. The van der Waals surface area contributed by atoms with Gasteiger partial charge in [-0.15, -0.1) is 10.2 Å². The number of para-hydroxylation sites is 2. The van der Waals surface area contributed by atoms with Crippen LogP contribution >= 0.6 is 0 Å². The summed E-state index contributed by atoms with van der Waals surface area (Å²) >= 11 is 0. The van der Waals surface area contributed by atoms with Crippen molar-refractivity contribution in [2.24, 2.45) is 10.2 Å². The van der Waals surface area contributed by atoms with Crippen molar-refractivity contribution in [2.75, 3.05) is 54.2 Å². The zero-order chi connectivity index (χ0) is 47.5. The lowest BCUT2D eigenvalue weighted by atomic mass is 9.92. The Balaban J connectivity index is 0.836. The largest absolute Gasteiger partial charge is 0.489 e. The SMILES string of the molecule is COCOc1ccc2ccccc2c1-c1c(OCCOc2ccccc2N=Nc2ccccc2OCCOc2ccc3ccccc3c2-c2c(OCOC)ccc3ccccc23)ccc2ccccc12. The number of fused-ring (bicyclic) bond motifs is 4. The van der Waals surface area contributed by atoms with Crippen LogP contribution in [-0.2, 0) is 9.47 Å². The molecule has 70 heavy (non-hydrogen) atoms. The number of nitrogens with zero attached hydrogens (tertiary/aromatic N) is 2. The first-order chi connectivity index (χ1) is 34.7. The molecule has 0 unspecified atom stereocenters. The summed E-state index contributed by atoms with van der Waals surface area (Å²) in [5, 5.41) is 17.8. The van der Waals surface area contributed by atoms with Crippen LogP contribution in [-0.4, -0.2) is 54.2 Å².